The number of carbonyl (C=O) groups excluding carboxylic acids is 5. The Hall–Kier alpha value is -6.35. The van der Waals surface area contributed by atoms with Gasteiger partial charge < -0.3 is 18.9 Å². The van der Waals surface area contributed by atoms with Crippen molar-refractivity contribution in [1.82, 2.24) is 0 Å². The van der Waals surface area contributed by atoms with Crippen LogP contribution in [-0.2, 0) is 18.9 Å². The van der Waals surface area contributed by atoms with E-state index in [2.05, 4.69) is 0 Å². The quantitative estimate of drug-likeness (QED) is 0.0739. The summed E-state index contributed by atoms with van der Waals surface area (Å²) >= 11 is 0. The average Bonchev–Trinajstić information content (AvgIpc) is 3.17. The molecule has 0 unspecified atom stereocenters. The molecule has 0 heterocycles. The van der Waals surface area contributed by atoms with E-state index < -0.39 is 54.6 Å². The Morgan fingerprint density at radius 3 is 1.20 bits per heavy atom. The number of ketones is 1. The third-order valence-electron chi connectivity index (χ3n) is 7.24. The average molecular weight is 656 g/mol. The van der Waals surface area contributed by atoms with Crippen molar-refractivity contribution in [3.8, 4) is 0 Å². The highest BCUT2D eigenvalue weighted by Gasteiger charge is 2.43. The van der Waals surface area contributed by atoms with Gasteiger partial charge in [-0.05, 0) is 48.5 Å². The molecular weight excluding hydrogens is 624 g/mol. The molecule has 9 heteroatoms. The summed E-state index contributed by atoms with van der Waals surface area (Å²) < 4.78 is 23.1. The molecule has 0 saturated carbocycles. The monoisotopic (exact) mass is 655 g/mol. The number of ether oxygens (including phenoxy) is 4. The molecule has 0 fully saturated rings. The first-order chi connectivity index (χ1) is 23.9. The van der Waals surface area contributed by atoms with Crippen molar-refractivity contribution in [2.45, 2.75) is 18.3 Å². The largest absolute Gasteiger partial charge is 0.462 e. The van der Waals surface area contributed by atoms with Gasteiger partial charge in [-0.2, -0.15) is 0 Å². The van der Waals surface area contributed by atoms with Gasteiger partial charge in [0, 0.05) is 12.0 Å². The number of rotatable bonds is 14. The third-order valence-corrected chi connectivity index (χ3v) is 7.24. The van der Waals surface area contributed by atoms with Crippen LogP contribution < -0.4 is 0 Å². The molecule has 0 aliphatic rings. The first-order valence-electron chi connectivity index (χ1n) is 15.3. The number of hydrogen-bond acceptors (Lipinski definition) is 9. The molecule has 0 aliphatic heterocycles. The molecule has 5 rings (SSSR count). The Kier molecular flexibility index (Phi) is 11.8. The number of Topliss-reactive ketones (excluding diaryl/α,β-unsaturated/α-hetero) is 1. The molecule has 5 aromatic rings. The van der Waals surface area contributed by atoms with Gasteiger partial charge in [0.1, 0.15) is 6.10 Å². The van der Waals surface area contributed by atoms with Crippen molar-refractivity contribution < 1.29 is 42.9 Å². The van der Waals surface area contributed by atoms with Gasteiger partial charge in [0.05, 0.1) is 28.9 Å². The summed E-state index contributed by atoms with van der Waals surface area (Å²) in [5.74, 6) is -4.01. The lowest BCUT2D eigenvalue weighted by Gasteiger charge is -2.32. The fraction of sp³-hybridized carbons (Fsp3) is 0.100. The number of carbonyl (C=O) groups is 5. The van der Waals surface area contributed by atoms with E-state index in [-0.39, 0.29) is 27.8 Å². The SMILES string of the molecule is O=C(OC[CH][C@@H](OC(=O)c1ccccc1)[C@H](OC(=O)c1ccccc1)[C@@H](OC(=O)c1ccccc1)C(=O)c1ccccc1)c1ccccc1. The summed E-state index contributed by atoms with van der Waals surface area (Å²) in [6, 6.07) is 40.1. The Bertz CT molecular complexity index is 1850. The van der Waals surface area contributed by atoms with E-state index in [0.717, 1.165) is 0 Å². The van der Waals surface area contributed by atoms with Crippen molar-refractivity contribution >= 4 is 29.7 Å². The molecule has 0 amide bonds. The van der Waals surface area contributed by atoms with Crippen molar-refractivity contribution in [2.75, 3.05) is 6.61 Å². The van der Waals surface area contributed by atoms with Crippen LogP contribution in [-0.4, -0.2) is 54.6 Å². The van der Waals surface area contributed by atoms with Gasteiger partial charge in [-0.3, -0.25) is 4.79 Å². The summed E-state index contributed by atoms with van der Waals surface area (Å²) in [7, 11) is 0. The minimum absolute atomic E-state index is 0.122. The van der Waals surface area contributed by atoms with E-state index in [1.165, 1.54) is 55.0 Å². The number of esters is 4. The molecule has 5 aromatic carbocycles. The second kappa shape index (κ2) is 17.0. The third kappa shape index (κ3) is 9.36. The van der Waals surface area contributed by atoms with Gasteiger partial charge in [0.25, 0.3) is 0 Å². The smallest absolute Gasteiger partial charge is 0.338 e. The normalized spacial score (nSPS) is 12.4. The van der Waals surface area contributed by atoms with E-state index in [9.17, 15) is 24.0 Å². The summed E-state index contributed by atoms with van der Waals surface area (Å²) in [5.41, 5.74) is 0.812. The lowest BCUT2D eigenvalue weighted by atomic mass is 9.96. The van der Waals surface area contributed by atoms with Crippen LogP contribution in [0.5, 0.6) is 0 Å². The Morgan fingerprint density at radius 2 is 0.776 bits per heavy atom. The van der Waals surface area contributed by atoms with E-state index >= 15 is 0 Å². The van der Waals surface area contributed by atoms with Gasteiger partial charge in [-0.15, -0.1) is 0 Å². The van der Waals surface area contributed by atoms with Crippen LogP contribution in [0.1, 0.15) is 51.8 Å². The van der Waals surface area contributed by atoms with E-state index in [0.29, 0.717) is 0 Å². The lowest BCUT2D eigenvalue weighted by molar-refractivity contribution is -0.0716. The molecule has 0 saturated heterocycles. The lowest BCUT2D eigenvalue weighted by Crippen LogP contribution is -2.50. The molecule has 9 nitrogen and oxygen atoms in total. The maximum absolute atomic E-state index is 14.2. The van der Waals surface area contributed by atoms with Crippen molar-refractivity contribution in [3.63, 3.8) is 0 Å². The van der Waals surface area contributed by atoms with Gasteiger partial charge in [0.15, 0.2) is 6.10 Å². The summed E-state index contributed by atoms with van der Waals surface area (Å²) in [6.07, 6.45) is -3.86. The molecule has 0 bridgehead atoms. The second-order valence-corrected chi connectivity index (χ2v) is 10.6. The first-order valence-corrected chi connectivity index (χ1v) is 15.3. The minimum atomic E-state index is -1.82. The fourth-order valence-corrected chi connectivity index (χ4v) is 4.75. The number of benzene rings is 5. The standard InChI is InChI=1S/C40H31O9/c41-34(28-16-6-1-7-17-28)36(49-40(45)32-24-14-5-15-25-32)35(48-39(44)31-22-12-4-13-23-31)33(47-38(43)30-20-10-3-11-21-30)26-27-46-37(42)29-18-8-2-9-19-29/h1-26,33,35-36H,27H2/t33-,35+,36+/m1/s1. The first kappa shape index (κ1) is 34.0. The molecular formula is C40H31O9. The molecule has 49 heavy (non-hydrogen) atoms. The van der Waals surface area contributed by atoms with E-state index in [4.69, 9.17) is 18.9 Å². The Morgan fingerprint density at radius 1 is 0.429 bits per heavy atom. The van der Waals surface area contributed by atoms with Crippen LogP contribution >= 0.6 is 0 Å². The van der Waals surface area contributed by atoms with Crippen molar-refractivity contribution in [3.05, 3.63) is 186 Å². The zero-order valence-electron chi connectivity index (χ0n) is 26.1. The molecule has 1 radical (unpaired) electrons. The minimum Gasteiger partial charge on any atom is -0.462 e. The van der Waals surface area contributed by atoms with Crippen molar-refractivity contribution in [1.29, 1.82) is 0 Å². The van der Waals surface area contributed by atoms with Gasteiger partial charge in [-0.1, -0.05) is 103 Å². The molecule has 0 aromatic heterocycles. The molecule has 0 spiro atoms. The predicted octanol–water partition coefficient (Wildman–Crippen LogP) is 6.61. The van der Waals surface area contributed by atoms with Crippen LogP contribution in [0.25, 0.3) is 0 Å². The van der Waals surface area contributed by atoms with E-state index in [1.54, 1.807) is 103 Å². The van der Waals surface area contributed by atoms with Gasteiger partial charge in [0.2, 0.25) is 11.9 Å². The zero-order chi connectivity index (χ0) is 34.4. The summed E-state index contributed by atoms with van der Waals surface area (Å²) in [5, 5.41) is 0. The Balaban J connectivity index is 1.55. The van der Waals surface area contributed by atoms with Crippen molar-refractivity contribution in [2.24, 2.45) is 0 Å². The van der Waals surface area contributed by atoms with Crippen LogP contribution in [0.4, 0.5) is 0 Å². The molecule has 0 N–H and O–H groups in total. The van der Waals surface area contributed by atoms with Gasteiger partial charge in [-0.25, -0.2) is 19.2 Å². The highest BCUT2D eigenvalue weighted by molar-refractivity contribution is 6.02. The van der Waals surface area contributed by atoms with Crippen LogP contribution in [0.3, 0.4) is 0 Å². The van der Waals surface area contributed by atoms with Crippen LogP contribution in [0, 0.1) is 6.42 Å². The topological polar surface area (TPSA) is 122 Å². The fourth-order valence-electron chi connectivity index (χ4n) is 4.75. The molecule has 0 aliphatic carbocycles. The zero-order valence-corrected chi connectivity index (χ0v) is 26.1. The second-order valence-electron chi connectivity index (χ2n) is 10.6. The highest BCUT2D eigenvalue weighted by Crippen LogP contribution is 2.24. The van der Waals surface area contributed by atoms with Crippen LogP contribution in [0.15, 0.2) is 152 Å². The van der Waals surface area contributed by atoms with Crippen LogP contribution in [0.2, 0.25) is 0 Å². The maximum Gasteiger partial charge on any atom is 0.338 e. The molecule has 245 valence electrons. The number of hydrogen-bond donors (Lipinski definition) is 0. The summed E-state index contributed by atoms with van der Waals surface area (Å²) in [6.45, 7) is -0.432. The van der Waals surface area contributed by atoms with Gasteiger partial charge >= 0.3 is 23.9 Å². The van der Waals surface area contributed by atoms with E-state index in [1.807, 2.05) is 0 Å². The Labute approximate surface area is 283 Å². The highest BCUT2D eigenvalue weighted by atomic mass is 16.6. The maximum atomic E-state index is 14.2. The predicted molar refractivity (Wildman–Crippen MR) is 179 cm³/mol. The molecule has 3 atom stereocenters. The summed E-state index contributed by atoms with van der Waals surface area (Å²) in [4.78, 5) is 67.5.